The summed E-state index contributed by atoms with van der Waals surface area (Å²) in [7, 11) is 0. The van der Waals surface area contributed by atoms with Crippen molar-refractivity contribution in [2.75, 3.05) is 6.54 Å². The second kappa shape index (κ2) is 4.99. The van der Waals surface area contributed by atoms with Crippen molar-refractivity contribution < 1.29 is 5.11 Å². The molecule has 1 heterocycles. The molecule has 0 aromatic carbocycles. The molecule has 0 radical (unpaired) electrons. The van der Waals surface area contributed by atoms with Crippen LogP contribution in [0.5, 0.6) is 0 Å². The van der Waals surface area contributed by atoms with Crippen LogP contribution in [0.3, 0.4) is 0 Å². The summed E-state index contributed by atoms with van der Waals surface area (Å²) in [6.07, 6.45) is 9.14. The van der Waals surface area contributed by atoms with E-state index >= 15 is 0 Å². The second-order valence-electron chi connectivity index (χ2n) is 4.83. The Kier molecular flexibility index (Phi) is 3.65. The van der Waals surface area contributed by atoms with E-state index in [0.717, 1.165) is 12.3 Å². The number of rotatable bonds is 3. The first-order chi connectivity index (χ1) is 7.29. The number of allylic oxidation sites excluding steroid dienone is 2. The maximum Gasteiger partial charge on any atom is 0.0681 e. The molecular weight excluding hydrogens is 188 g/mol. The second-order valence-corrected chi connectivity index (χ2v) is 4.83. The highest BCUT2D eigenvalue weighted by atomic mass is 16.3. The molecule has 3 atom stereocenters. The van der Waals surface area contributed by atoms with Crippen molar-refractivity contribution in [1.82, 2.24) is 5.32 Å². The molecule has 1 aliphatic heterocycles. The van der Waals surface area contributed by atoms with E-state index in [9.17, 15) is 5.11 Å². The van der Waals surface area contributed by atoms with Gasteiger partial charge in [-0.25, -0.2) is 0 Å². The van der Waals surface area contributed by atoms with Crippen molar-refractivity contribution >= 4 is 0 Å². The van der Waals surface area contributed by atoms with Gasteiger partial charge in [0.1, 0.15) is 0 Å². The number of nitrogens with one attached hydrogen (secondary N) is 1. The van der Waals surface area contributed by atoms with Gasteiger partial charge in [-0.05, 0) is 44.4 Å². The molecule has 0 aromatic heterocycles. The third-order valence-electron chi connectivity index (χ3n) is 3.62. The smallest absolute Gasteiger partial charge is 0.0681 e. The lowest BCUT2D eigenvalue weighted by Gasteiger charge is -2.36. The van der Waals surface area contributed by atoms with E-state index in [0.29, 0.717) is 12.6 Å². The van der Waals surface area contributed by atoms with Crippen molar-refractivity contribution in [3.05, 3.63) is 11.8 Å². The van der Waals surface area contributed by atoms with Crippen LogP contribution >= 0.6 is 0 Å². The standard InChI is InChI=1S/C12H22N2O/c13-8-11(15)7-10-6-5-9-3-1-2-4-12(9)14-10/h4,9-11,14-15H,1-3,5-8,13H2/t9?,10?,11-/m1/s1. The number of aliphatic hydroxyl groups is 1. The van der Waals surface area contributed by atoms with Crippen LogP contribution in [0.2, 0.25) is 0 Å². The fourth-order valence-corrected chi connectivity index (χ4v) is 2.73. The van der Waals surface area contributed by atoms with Gasteiger partial charge in [0.2, 0.25) is 0 Å². The molecule has 2 rings (SSSR count). The molecule has 1 aliphatic carbocycles. The summed E-state index contributed by atoms with van der Waals surface area (Å²) in [4.78, 5) is 0. The first-order valence-electron chi connectivity index (χ1n) is 6.14. The van der Waals surface area contributed by atoms with Crippen LogP contribution in [0.1, 0.15) is 38.5 Å². The van der Waals surface area contributed by atoms with Crippen molar-refractivity contribution in [2.45, 2.75) is 50.7 Å². The Hall–Kier alpha value is -0.540. The van der Waals surface area contributed by atoms with Crippen LogP contribution in [0.4, 0.5) is 0 Å². The van der Waals surface area contributed by atoms with Crippen LogP contribution in [0.25, 0.3) is 0 Å². The van der Waals surface area contributed by atoms with Crippen molar-refractivity contribution in [3.8, 4) is 0 Å². The van der Waals surface area contributed by atoms with Crippen molar-refractivity contribution in [3.63, 3.8) is 0 Å². The summed E-state index contributed by atoms with van der Waals surface area (Å²) < 4.78 is 0. The maximum atomic E-state index is 9.52. The molecule has 0 spiro atoms. The molecule has 4 N–H and O–H groups in total. The van der Waals surface area contributed by atoms with Crippen LogP contribution in [0, 0.1) is 5.92 Å². The molecule has 1 saturated heterocycles. The molecule has 0 bridgehead atoms. The summed E-state index contributed by atoms with van der Waals surface area (Å²) in [5.41, 5.74) is 6.86. The fraction of sp³-hybridized carbons (Fsp3) is 0.833. The van der Waals surface area contributed by atoms with Gasteiger partial charge in [0, 0.05) is 18.3 Å². The van der Waals surface area contributed by atoms with Gasteiger partial charge in [-0.15, -0.1) is 0 Å². The van der Waals surface area contributed by atoms with E-state index < -0.39 is 0 Å². The van der Waals surface area contributed by atoms with E-state index in [1.807, 2.05) is 0 Å². The van der Waals surface area contributed by atoms with Crippen LogP contribution in [-0.2, 0) is 0 Å². The quantitative estimate of drug-likeness (QED) is 0.654. The number of hydrogen-bond donors (Lipinski definition) is 3. The predicted octanol–water partition coefficient (Wildman–Crippen LogP) is 1.13. The summed E-state index contributed by atoms with van der Waals surface area (Å²) in [6.45, 7) is 0.376. The minimum absolute atomic E-state index is 0.344. The molecule has 0 aromatic rings. The van der Waals surface area contributed by atoms with Crippen LogP contribution in [0.15, 0.2) is 11.8 Å². The zero-order valence-electron chi connectivity index (χ0n) is 9.28. The third kappa shape index (κ3) is 2.73. The van der Waals surface area contributed by atoms with Gasteiger partial charge in [-0.1, -0.05) is 6.08 Å². The van der Waals surface area contributed by atoms with Gasteiger partial charge in [0.25, 0.3) is 0 Å². The van der Waals surface area contributed by atoms with Gasteiger partial charge in [0.05, 0.1) is 6.10 Å². The molecule has 15 heavy (non-hydrogen) atoms. The average molecular weight is 210 g/mol. The van der Waals surface area contributed by atoms with E-state index in [4.69, 9.17) is 5.73 Å². The highest BCUT2D eigenvalue weighted by Crippen LogP contribution is 2.32. The maximum absolute atomic E-state index is 9.52. The van der Waals surface area contributed by atoms with Gasteiger partial charge in [0.15, 0.2) is 0 Å². The largest absolute Gasteiger partial charge is 0.392 e. The Labute approximate surface area is 91.7 Å². The molecule has 2 aliphatic rings. The first-order valence-corrected chi connectivity index (χ1v) is 6.14. The summed E-state index contributed by atoms with van der Waals surface area (Å²) in [5.74, 6) is 0.769. The van der Waals surface area contributed by atoms with E-state index in [1.54, 1.807) is 0 Å². The normalized spacial score (nSPS) is 32.5. The Balaban J connectivity index is 1.88. The van der Waals surface area contributed by atoms with Gasteiger partial charge in [-0.2, -0.15) is 0 Å². The molecule has 3 nitrogen and oxygen atoms in total. The number of aliphatic hydroxyl groups excluding tert-OH is 1. The van der Waals surface area contributed by atoms with E-state index in [1.165, 1.54) is 37.8 Å². The van der Waals surface area contributed by atoms with Gasteiger partial charge in [-0.3, -0.25) is 0 Å². The van der Waals surface area contributed by atoms with Crippen molar-refractivity contribution in [1.29, 1.82) is 0 Å². The van der Waals surface area contributed by atoms with Gasteiger partial charge >= 0.3 is 0 Å². The minimum Gasteiger partial charge on any atom is -0.392 e. The highest BCUT2D eigenvalue weighted by molar-refractivity contribution is 5.11. The average Bonchev–Trinajstić information content (AvgIpc) is 2.29. The molecule has 0 amide bonds. The molecule has 0 saturated carbocycles. The minimum atomic E-state index is -0.344. The lowest BCUT2D eigenvalue weighted by Crippen LogP contribution is -2.41. The number of fused-ring (bicyclic) bond motifs is 1. The third-order valence-corrected chi connectivity index (χ3v) is 3.62. The highest BCUT2D eigenvalue weighted by Gasteiger charge is 2.26. The molecule has 86 valence electrons. The lowest BCUT2D eigenvalue weighted by molar-refractivity contribution is 0.149. The summed E-state index contributed by atoms with van der Waals surface area (Å²) in [6, 6.07) is 0.434. The number of piperidine rings is 1. The Morgan fingerprint density at radius 3 is 3.13 bits per heavy atom. The monoisotopic (exact) mass is 210 g/mol. The molecule has 2 unspecified atom stereocenters. The lowest BCUT2D eigenvalue weighted by atomic mass is 9.83. The van der Waals surface area contributed by atoms with E-state index in [-0.39, 0.29) is 6.10 Å². The van der Waals surface area contributed by atoms with Gasteiger partial charge < -0.3 is 16.2 Å². The Morgan fingerprint density at radius 2 is 2.33 bits per heavy atom. The predicted molar refractivity (Wildman–Crippen MR) is 61.3 cm³/mol. The zero-order valence-corrected chi connectivity index (χ0v) is 9.28. The van der Waals surface area contributed by atoms with E-state index in [2.05, 4.69) is 11.4 Å². The number of hydrogen-bond acceptors (Lipinski definition) is 3. The zero-order chi connectivity index (χ0) is 10.7. The molecular formula is C12H22N2O. The molecule has 3 heteroatoms. The summed E-state index contributed by atoms with van der Waals surface area (Å²) in [5, 5.41) is 13.1. The van der Waals surface area contributed by atoms with Crippen LogP contribution in [-0.4, -0.2) is 23.8 Å². The topological polar surface area (TPSA) is 58.3 Å². The SMILES string of the molecule is NC[C@H](O)CC1CCC2CCCC=C2N1. The first kappa shape index (κ1) is 11.0. The Morgan fingerprint density at radius 1 is 1.47 bits per heavy atom. The van der Waals surface area contributed by atoms with Crippen molar-refractivity contribution in [2.24, 2.45) is 11.7 Å². The molecule has 1 fully saturated rings. The summed E-state index contributed by atoms with van der Waals surface area (Å²) >= 11 is 0. The Bertz CT molecular complexity index is 240. The fourth-order valence-electron chi connectivity index (χ4n) is 2.73. The van der Waals surface area contributed by atoms with Crippen LogP contribution < -0.4 is 11.1 Å². The number of nitrogens with two attached hydrogens (primary N) is 1.